The molecule has 1 fully saturated rings. The summed E-state index contributed by atoms with van der Waals surface area (Å²) in [7, 11) is -3.01. The van der Waals surface area contributed by atoms with Gasteiger partial charge in [-0.05, 0) is 34.6 Å². The normalized spacial score (nSPS) is 35.7. The van der Waals surface area contributed by atoms with Gasteiger partial charge < -0.3 is 9.05 Å². The molecule has 1 radical (unpaired) electrons. The fraction of sp³-hybridized carbons (Fsp3) is 0.900. The molecule has 5 heteroatoms. The van der Waals surface area contributed by atoms with E-state index in [1.165, 1.54) is 0 Å². The summed E-state index contributed by atoms with van der Waals surface area (Å²) in [6.07, 6.45) is 0. The summed E-state index contributed by atoms with van der Waals surface area (Å²) >= 11 is 0. The molecule has 1 aliphatic heterocycles. The van der Waals surface area contributed by atoms with Gasteiger partial charge in [-0.15, -0.1) is 5.92 Å². The van der Waals surface area contributed by atoms with Gasteiger partial charge in [0.2, 0.25) is 0 Å². The third kappa shape index (κ3) is 3.11. The summed E-state index contributed by atoms with van der Waals surface area (Å²) < 4.78 is 23.3. The van der Waals surface area contributed by atoms with Gasteiger partial charge in [0.25, 0.3) is 0 Å². The topological polar surface area (TPSA) is 35.5 Å². The van der Waals surface area contributed by atoms with Crippen LogP contribution in [0.4, 0.5) is 0 Å². The minimum atomic E-state index is -3.01. The van der Waals surface area contributed by atoms with Crippen molar-refractivity contribution in [3.05, 3.63) is 6.61 Å². The molecule has 0 aromatic carbocycles. The van der Waals surface area contributed by atoms with Gasteiger partial charge in [-0.3, -0.25) is 4.57 Å². The van der Waals surface area contributed by atoms with Gasteiger partial charge >= 0.3 is 7.60 Å². The van der Waals surface area contributed by atoms with Crippen LogP contribution in [0.2, 0.25) is 0 Å². The van der Waals surface area contributed by atoms with E-state index in [0.717, 1.165) is 0 Å². The monoisotopic (exact) mass is 270 g/mol. The largest absolute Gasteiger partial charge is 0.485 e. The quantitative estimate of drug-likeness (QED) is 0.498. The third-order valence-corrected chi connectivity index (χ3v) is 5.43. The van der Waals surface area contributed by atoms with Crippen LogP contribution in [0.25, 0.3) is 0 Å². The second kappa shape index (κ2) is 4.54. The zero-order valence-corrected chi connectivity index (χ0v) is 12.6. The van der Waals surface area contributed by atoms with Crippen molar-refractivity contribution in [2.75, 3.05) is 0 Å². The predicted molar refractivity (Wildman–Crippen MR) is 57.1 cm³/mol. The van der Waals surface area contributed by atoms with Crippen molar-refractivity contribution < 1.29 is 32.2 Å². The fourth-order valence-electron chi connectivity index (χ4n) is 1.04. The van der Waals surface area contributed by atoms with Gasteiger partial charge in [-0.1, -0.05) is 6.92 Å². The van der Waals surface area contributed by atoms with Crippen LogP contribution in [-0.2, 0) is 32.2 Å². The molecule has 0 aromatic heterocycles. The Morgan fingerprint density at radius 2 is 1.80 bits per heavy atom. The first-order chi connectivity index (χ1) is 6.08. The van der Waals surface area contributed by atoms with Crippen LogP contribution < -0.4 is 0 Å². The molecule has 0 bridgehead atoms. The maximum Gasteiger partial charge on any atom is 0.306 e. The molecule has 2 unspecified atom stereocenters. The Morgan fingerprint density at radius 3 is 2.13 bits per heavy atom. The Morgan fingerprint density at radius 1 is 1.33 bits per heavy atom. The first-order valence-electron chi connectivity index (χ1n) is 4.91. The minimum Gasteiger partial charge on any atom is -0.485 e. The first kappa shape index (κ1) is 15.7. The standard InChI is InChI=1S/C10H20O3P.V/c1-8-7-12-14(11,9(2,3)4)13-10(8,5)6;/h7-8H,1-6H3;/q-1;. The summed E-state index contributed by atoms with van der Waals surface area (Å²) in [6.45, 7) is 13.1. The molecule has 2 atom stereocenters. The van der Waals surface area contributed by atoms with Crippen molar-refractivity contribution >= 4 is 7.60 Å². The van der Waals surface area contributed by atoms with E-state index in [1.807, 2.05) is 41.5 Å². The van der Waals surface area contributed by atoms with Crippen LogP contribution in [-0.4, -0.2) is 10.8 Å². The Labute approximate surface area is 105 Å². The van der Waals surface area contributed by atoms with Gasteiger partial charge in [0.1, 0.15) is 0 Å². The molecular formula is C10H20O3PV-. The summed E-state index contributed by atoms with van der Waals surface area (Å²) in [4.78, 5) is 0. The van der Waals surface area contributed by atoms with Crippen molar-refractivity contribution in [1.29, 1.82) is 0 Å². The van der Waals surface area contributed by atoms with Crippen LogP contribution in [0.5, 0.6) is 0 Å². The molecule has 0 amide bonds. The predicted octanol–water partition coefficient (Wildman–Crippen LogP) is 3.60. The van der Waals surface area contributed by atoms with Crippen molar-refractivity contribution in [2.24, 2.45) is 5.92 Å². The van der Waals surface area contributed by atoms with E-state index in [0.29, 0.717) is 0 Å². The molecule has 89 valence electrons. The van der Waals surface area contributed by atoms with E-state index in [4.69, 9.17) is 9.05 Å². The average molecular weight is 270 g/mol. The van der Waals surface area contributed by atoms with E-state index >= 15 is 0 Å². The molecule has 1 saturated heterocycles. The smallest absolute Gasteiger partial charge is 0.306 e. The molecule has 3 nitrogen and oxygen atoms in total. The molecule has 1 aliphatic rings. The number of rotatable bonds is 0. The van der Waals surface area contributed by atoms with Crippen molar-refractivity contribution in [1.82, 2.24) is 0 Å². The van der Waals surface area contributed by atoms with Gasteiger partial charge in [-0.2, -0.15) is 6.61 Å². The summed E-state index contributed by atoms with van der Waals surface area (Å²) in [5.41, 5.74) is -0.416. The van der Waals surface area contributed by atoms with Crippen molar-refractivity contribution in [3.8, 4) is 0 Å². The minimum absolute atomic E-state index is 0. The Bertz CT molecular complexity index is 270. The SMILES string of the molecule is CC1[CH-]OP(=O)(C(C)(C)C)OC1(C)C.[V]. The summed E-state index contributed by atoms with van der Waals surface area (Å²) in [5.74, 6) is 0.145. The van der Waals surface area contributed by atoms with E-state index in [9.17, 15) is 4.57 Å². The average Bonchev–Trinajstić information content (AvgIpc) is 1.94. The van der Waals surface area contributed by atoms with Crippen LogP contribution in [0, 0.1) is 12.5 Å². The van der Waals surface area contributed by atoms with Gasteiger partial charge in [-0.25, -0.2) is 0 Å². The van der Waals surface area contributed by atoms with E-state index in [-0.39, 0.29) is 24.5 Å². The first-order valence-corrected chi connectivity index (χ1v) is 6.45. The van der Waals surface area contributed by atoms with Crippen molar-refractivity contribution in [3.63, 3.8) is 0 Å². The number of hydrogen-bond acceptors (Lipinski definition) is 3. The Balaban J connectivity index is 0.00000196. The molecule has 1 heterocycles. The van der Waals surface area contributed by atoms with Crippen LogP contribution >= 0.6 is 7.60 Å². The third-order valence-electron chi connectivity index (χ3n) is 2.68. The second-order valence-electron chi connectivity index (χ2n) is 5.39. The Kier molecular flexibility index (Phi) is 4.77. The fourth-order valence-corrected chi connectivity index (χ4v) is 2.81. The van der Waals surface area contributed by atoms with Crippen LogP contribution in [0.15, 0.2) is 0 Å². The molecule has 0 spiro atoms. The number of hydrogen-bond donors (Lipinski definition) is 0. The van der Waals surface area contributed by atoms with Crippen molar-refractivity contribution in [2.45, 2.75) is 52.3 Å². The maximum absolute atomic E-state index is 12.3. The molecule has 0 saturated carbocycles. The van der Waals surface area contributed by atoms with Crippen LogP contribution in [0.3, 0.4) is 0 Å². The molecule has 0 aliphatic carbocycles. The van der Waals surface area contributed by atoms with E-state index in [2.05, 4.69) is 0 Å². The molecule has 15 heavy (non-hydrogen) atoms. The maximum atomic E-state index is 12.3. The van der Waals surface area contributed by atoms with Gasteiger partial charge in [0, 0.05) is 24.2 Å². The van der Waals surface area contributed by atoms with E-state index in [1.54, 1.807) is 6.61 Å². The van der Waals surface area contributed by atoms with Crippen LogP contribution in [0.1, 0.15) is 41.5 Å². The molecular weight excluding hydrogens is 250 g/mol. The zero-order valence-electron chi connectivity index (χ0n) is 10.3. The second-order valence-corrected chi connectivity index (χ2v) is 8.12. The van der Waals surface area contributed by atoms with Gasteiger partial charge in [0.05, 0.1) is 5.16 Å². The molecule has 1 rings (SSSR count). The molecule has 0 N–H and O–H groups in total. The van der Waals surface area contributed by atoms with E-state index < -0.39 is 18.4 Å². The zero-order chi connectivity index (χ0) is 11.2. The Hall–Kier alpha value is 0.734. The van der Waals surface area contributed by atoms with Gasteiger partial charge in [0.15, 0.2) is 0 Å². The molecule has 0 aromatic rings. The summed E-state index contributed by atoms with van der Waals surface area (Å²) in [5, 5.41) is -0.471. The summed E-state index contributed by atoms with van der Waals surface area (Å²) in [6, 6.07) is 0.